The number of hydrogen-bond donors (Lipinski definition) is 1. The number of rotatable bonds is 7. The van der Waals surface area contributed by atoms with Gasteiger partial charge in [-0.3, -0.25) is 0 Å². The normalized spacial score (nSPS) is 10.6. The van der Waals surface area contributed by atoms with Gasteiger partial charge in [-0.25, -0.2) is 9.37 Å². The molecule has 1 heterocycles. The minimum Gasteiger partial charge on any atom is -0.473 e. The van der Waals surface area contributed by atoms with E-state index >= 15 is 0 Å². The molecule has 0 spiro atoms. The number of nitrogens with one attached hydrogen (secondary N) is 1. The zero-order valence-corrected chi connectivity index (χ0v) is 13.5. The Morgan fingerprint density at radius 1 is 1.33 bits per heavy atom. The SMILES string of the molecule is CCCNCc1cc(F)cnc1OCc1cccc(Br)c1. The molecule has 0 bridgehead atoms. The molecule has 1 N–H and O–H groups in total. The minimum absolute atomic E-state index is 0.349. The summed E-state index contributed by atoms with van der Waals surface area (Å²) in [5.41, 5.74) is 1.77. The predicted octanol–water partition coefficient (Wildman–Crippen LogP) is 4.06. The fraction of sp³-hybridized carbons (Fsp3) is 0.312. The minimum atomic E-state index is -0.349. The number of ether oxygens (including phenoxy) is 1. The van der Waals surface area contributed by atoms with Crippen LogP contribution in [0.15, 0.2) is 41.0 Å². The fourth-order valence-corrected chi connectivity index (χ4v) is 2.35. The van der Waals surface area contributed by atoms with Crippen LogP contribution in [0, 0.1) is 5.82 Å². The molecule has 1 aromatic heterocycles. The van der Waals surface area contributed by atoms with Crippen LogP contribution in [0.3, 0.4) is 0 Å². The second kappa shape index (κ2) is 8.10. The number of aromatic nitrogens is 1. The van der Waals surface area contributed by atoms with Gasteiger partial charge in [0, 0.05) is 16.6 Å². The van der Waals surface area contributed by atoms with E-state index in [1.165, 1.54) is 12.3 Å². The molecule has 0 atom stereocenters. The van der Waals surface area contributed by atoms with Gasteiger partial charge in [0.1, 0.15) is 12.4 Å². The molecule has 0 aliphatic rings. The van der Waals surface area contributed by atoms with Gasteiger partial charge in [-0.05, 0) is 36.7 Å². The first kappa shape index (κ1) is 15.9. The van der Waals surface area contributed by atoms with E-state index in [4.69, 9.17) is 4.74 Å². The Balaban J connectivity index is 2.04. The zero-order chi connectivity index (χ0) is 15.1. The van der Waals surface area contributed by atoms with Gasteiger partial charge in [-0.2, -0.15) is 0 Å². The van der Waals surface area contributed by atoms with E-state index < -0.39 is 0 Å². The molecule has 5 heteroatoms. The van der Waals surface area contributed by atoms with Crippen LogP contribution in [0.2, 0.25) is 0 Å². The lowest BCUT2D eigenvalue weighted by molar-refractivity contribution is 0.288. The molecule has 3 nitrogen and oxygen atoms in total. The summed E-state index contributed by atoms with van der Waals surface area (Å²) in [6.07, 6.45) is 2.20. The average Bonchev–Trinajstić information content (AvgIpc) is 2.47. The van der Waals surface area contributed by atoms with Crippen LogP contribution in [0.1, 0.15) is 24.5 Å². The van der Waals surface area contributed by atoms with Crippen molar-refractivity contribution in [2.24, 2.45) is 0 Å². The van der Waals surface area contributed by atoms with Gasteiger partial charge in [0.25, 0.3) is 0 Å². The van der Waals surface area contributed by atoms with Crippen molar-refractivity contribution in [3.63, 3.8) is 0 Å². The maximum atomic E-state index is 13.3. The molecule has 1 aromatic carbocycles. The first-order valence-corrected chi connectivity index (χ1v) is 7.70. The van der Waals surface area contributed by atoms with Crippen molar-refractivity contribution < 1.29 is 9.13 Å². The molecule has 112 valence electrons. The number of pyridine rings is 1. The van der Waals surface area contributed by atoms with Gasteiger partial charge >= 0.3 is 0 Å². The Hall–Kier alpha value is -1.46. The largest absolute Gasteiger partial charge is 0.473 e. The number of hydrogen-bond acceptors (Lipinski definition) is 3. The van der Waals surface area contributed by atoms with Gasteiger partial charge in [-0.15, -0.1) is 0 Å². The highest BCUT2D eigenvalue weighted by atomic mass is 79.9. The highest BCUT2D eigenvalue weighted by Gasteiger charge is 2.07. The van der Waals surface area contributed by atoms with Gasteiger partial charge < -0.3 is 10.1 Å². The summed E-state index contributed by atoms with van der Waals surface area (Å²) in [6.45, 7) is 3.91. The van der Waals surface area contributed by atoms with Crippen LogP contribution in [0.4, 0.5) is 4.39 Å². The Labute approximate surface area is 132 Å². The van der Waals surface area contributed by atoms with Crippen molar-refractivity contribution in [1.29, 1.82) is 0 Å². The first-order chi connectivity index (χ1) is 10.2. The van der Waals surface area contributed by atoms with Crippen molar-refractivity contribution in [2.75, 3.05) is 6.54 Å². The molecule has 21 heavy (non-hydrogen) atoms. The molecule has 0 amide bonds. The summed E-state index contributed by atoms with van der Waals surface area (Å²) in [6, 6.07) is 9.33. The van der Waals surface area contributed by atoms with Gasteiger partial charge in [0.2, 0.25) is 5.88 Å². The standard InChI is InChI=1S/C16H18BrFN2O/c1-2-6-19-9-13-8-15(18)10-20-16(13)21-11-12-4-3-5-14(17)7-12/h3-5,7-8,10,19H,2,6,9,11H2,1H3. The summed E-state index contributed by atoms with van der Waals surface area (Å²) in [4.78, 5) is 4.05. The predicted molar refractivity (Wildman–Crippen MR) is 84.7 cm³/mol. The van der Waals surface area contributed by atoms with E-state index in [0.717, 1.165) is 28.6 Å². The Morgan fingerprint density at radius 3 is 2.95 bits per heavy atom. The Kier molecular flexibility index (Phi) is 6.14. The van der Waals surface area contributed by atoms with Crippen LogP contribution in [0.5, 0.6) is 5.88 Å². The summed E-state index contributed by atoms with van der Waals surface area (Å²) >= 11 is 3.42. The second-order valence-corrected chi connectivity index (χ2v) is 5.63. The zero-order valence-electron chi connectivity index (χ0n) is 11.9. The maximum Gasteiger partial charge on any atom is 0.218 e. The molecule has 0 radical (unpaired) electrons. The van der Waals surface area contributed by atoms with E-state index in [1.54, 1.807) is 0 Å². The van der Waals surface area contributed by atoms with Gasteiger partial charge in [0.15, 0.2) is 0 Å². The summed E-state index contributed by atoms with van der Waals surface area (Å²) in [7, 11) is 0. The molecular formula is C16H18BrFN2O. The molecule has 0 saturated heterocycles. The summed E-state index contributed by atoms with van der Waals surface area (Å²) < 4.78 is 20.0. The lowest BCUT2D eigenvalue weighted by atomic mass is 10.2. The van der Waals surface area contributed by atoms with Crippen LogP contribution in [-0.2, 0) is 13.2 Å². The number of nitrogens with zero attached hydrogens (tertiary/aromatic N) is 1. The van der Waals surface area contributed by atoms with E-state index in [0.29, 0.717) is 19.0 Å². The average molecular weight is 353 g/mol. The molecule has 0 unspecified atom stereocenters. The third-order valence-electron chi connectivity index (χ3n) is 2.90. The quantitative estimate of drug-likeness (QED) is 0.763. The topological polar surface area (TPSA) is 34.2 Å². The van der Waals surface area contributed by atoms with Gasteiger partial charge in [0.05, 0.1) is 6.20 Å². The molecule has 2 aromatic rings. The lowest BCUT2D eigenvalue weighted by Crippen LogP contribution is -2.15. The molecule has 0 fully saturated rings. The Morgan fingerprint density at radius 2 is 2.19 bits per heavy atom. The molecular weight excluding hydrogens is 335 g/mol. The second-order valence-electron chi connectivity index (χ2n) is 4.71. The van der Waals surface area contributed by atoms with E-state index in [1.807, 2.05) is 24.3 Å². The summed E-state index contributed by atoms with van der Waals surface area (Å²) in [5, 5.41) is 3.23. The Bertz CT molecular complexity index is 592. The monoisotopic (exact) mass is 352 g/mol. The maximum absolute atomic E-state index is 13.3. The van der Waals surface area contributed by atoms with Crippen LogP contribution in [0.25, 0.3) is 0 Å². The first-order valence-electron chi connectivity index (χ1n) is 6.91. The van der Waals surface area contributed by atoms with E-state index in [-0.39, 0.29) is 5.82 Å². The van der Waals surface area contributed by atoms with Crippen molar-refractivity contribution in [3.05, 3.63) is 57.9 Å². The number of halogens is 2. The lowest BCUT2D eigenvalue weighted by Gasteiger charge is -2.11. The van der Waals surface area contributed by atoms with Crippen molar-refractivity contribution >= 4 is 15.9 Å². The molecule has 2 rings (SSSR count). The highest BCUT2D eigenvalue weighted by molar-refractivity contribution is 9.10. The van der Waals surface area contributed by atoms with Crippen molar-refractivity contribution in [2.45, 2.75) is 26.5 Å². The van der Waals surface area contributed by atoms with Crippen LogP contribution >= 0.6 is 15.9 Å². The third-order valence-corrected chi connectivity index (χ3v) is 3.39. The number of benzene rings is 1. The third kappa shape index (κ3) is 5.10. The van der Waals surface area contributed by atoms with Crippen LogP contribution in [-0.4, -0.2) is 11.5 Å². The van der Waals surface area contributed by atoms with E-state index in [9.17, 15) is 4.39 Å². The van der Waals surface area contributed by atoms with Crippen molar-refractivity contribution in [3.8, 4) is 5.88 Å². The summed E-state index contributed by atoms with van der Waals surface area (Å²) in [5.74, 6) is 0.123. The molecule has 0 aliphatic carbocycles. The highest BCUT2D eigenvalue weighted by Crippen LogP contribution is 2.19. The van der Waals surface area contributed by atoms with Crippen LogP contribution < -0.4 is 10.1 Å². The van der Waals surface area contributed by atoms with Gasteiger partial charge in [-0.1, -0.05) is 35.0 Å². The van der Waals surface area contributed by atoms with E-state index in [2.05, 4.69) is 33.2 Å². The smallest absolute Gasteiger partial charge is 0.218 e. The fourth-order valence-electron chi connectivity index (χ4n) is 1.90. The molecule has 0 saturated carbocycles. The van der Waals surface area contributed by atoms with Crippen molar-refractivity contribution in [1.82, 2.24) is 10.3 Å². The molecule has 0 aliphatic heterocycles.